The third-order valence-corrected chi connectivity index (χ3v) is 4.18. The molecule has 120 valence electrons. The first-order valence-electron chi connectivity index (χ1n) is 7.41. The number of aliphatic hydroxyl groups excluding tert-OH is 1. The second kappa shape index (κ2) is 7.72. The molecule has 0 saturated carbocycles. The molecular weight excluding hydrogens is 296 g/mol. The quantitative estimate of drug-likeness (QED) is 0.852. The predicted octanol–water partition coefficient (Wildman–Crippen LogP) is 2.94. The molecule has 22 heavy (non-hydrogen) atoms. The summed E-state index contributed by atoms with van der Waals surface area (Å²) in [5, 5.41) is 13.2. The summed E-state index contributed by atoms with van der Waals surface area (Å²) >= 11 is 1.65. The maximum absolute atomic E-state index is 10.1. The minimum atomic E-state index is -0.521. The van der Waals surface area contributed by atoms with Crippen molar-refractivity contribution in [3.63, 3.8) is 0 Å². The van der Waals surface area contributed by atoms with Crippen molar-refractivity contribution < 1.29 is 9.84 Å². The monoisotopic (exact) mass is 320 g/mol. The van der Waals surface area contributed by atoms with Crippen LogP contribution in [0.15, 0.2) is 23.6 Å². The van der Waals surface area contributed by atoms with E-state index in [0.29, 0.717) is 13.2 Å². The molecule has 0 fully saturated rings. The largest absolute Gasteiger partial charge is 0.491 e. The lowest BCUT2D eigenvalue weighted by molar-refractivity contribution is 0.0743. The van der Waals surface area contributed by atoms with Crippen LogP contribution in [0.2, 0.25) is 0 Å². The molecule has 0 aliphatic rings. The standard InChI is InChI=1S/C17H24N2O2S/c1-12-5-13(2)7-16(6-12)21-10-15(20)8-19(4)9-17-18-14(3)11-22-17/h5-7,11,15,20H,8-10H2,1-4H3. The second-order valence-corrected chi connectivity index (χ2v) is 6.81. The lowest BCUT2D eigenvalue weighted by Gasteiger charge is -2.20. The summed E-state index contributed by atoms with van der Waals surface area (Å²) in [5.41, 5.74) is 3.38. The van der Waals surface area contributed by atoms with Crippen molar-refractivity contribution in [3.8, 4) is 5.75 Å². The number of aliphatic hydroxyl groups is 1. The Balaban J connectivity index is 1.78. The molecule has 0 saturated heterocycles. The molecule has 1 aromatic carbocycles. The highest BCUT2D eigenvalue weighted by Gasteiger charge is 2.11. The van der Waals surface area contributed by atoms with Gasteiger partial charge in [0, 0.05) is 17.6 Å². The smallest absolute Gasteiger partial charge is 0.119 e. The van der Waals surface area contributed by atoms with Crippen molar-refractivity contribution in [2.75, 3.05) is 20.2 Å². The minimum absolute atomic E-state index is 0.296. The molecular formula is C17H24N2O2S. The molecule has 0 radical (unpaired) electrons. The van der Waals surface area contributed by atoms with E-state index in [1.165, 1.54) is 11.1 Å². The van der Waals surface area contributed by atoms with Gasteiger partial charge in [0.2, 0.25) is 0 Å². The first-order chi connectivity index (χ1) is 10.4. The Morgan fingerprint density at radius 3 is 2.50 bits per heavy atom. The normalized spacial score (nSPS) is 12.6. The molecule has 0 spiro atoms. The molecule has 1 unspecified atom stereocenters. The second-order valence-electron chi connectivity index (χ2n) is 5.87. The van der Waals surface area contributed by atoms with Gasteiger partial charge < -0.3 is 9.84 Å². The number of benzene rings is 1. The number of aromatic nitrogens is 1. The van der Waals surface area contributed by atoms with E-state index in [4.69, 9.17) is 4.74 Å². The first kappa shape index (κ1) is 16.9. The fraction of sp³-hybridized carbons (Fsp3) is 0.471. The Kier molecular flexibility index (Phi) is 5.94. The van der Waals surface area contributed by atoms with Crippen LogP contribution in [-0.4, -0.2) is 41.3 Å². The van der Waals surface area contributed by atoms with Gasteiger partial charge in [-0.2, -0.15) is 0 Å². The molecule has 0 bridgehead atoms. The third-order valence-electron chi connectivity index (χ3n) is 3.23. The average Bonchev–Trinajstić information content (AvgIpc) is 2.80. The van der Waals surface area contributed by atoms with E-state index < -0.39 is 6.10 Å². The Morgan fingerprint density at radius 1 is 1.23 bits per heavy atom. The van der Waals surface area contributed by atoms with Gasteiger partial charge in [0.05, 0.1) is 6.54 Å². The van der Waals surface area contributed by atoms with Crippen LogP contribution in [0, 0.1) is 20.8 Å². The van der Waals surface area contributed by atoms with Crippen molar-refractivity contribution in [2.24, 2.45) is 0 Å². The van der Waals surface area contributed by atoms with Crippen molar-refractivity contribution >= 4 is 11.3 Å². The lowest BCUT2D eigenvalue weighted by atomic mass is 10.1. The molecule has 0 aliphatic carbocycles. The third kappa shape index (κ3) is 5.40. The molecule has 5 heteroatoms. The van der Waals surface area contributed by atoms with Gasteiger partial charge in [0.25, 0.3) is 0 Å². The van der Waals surface area contributed by atoms with Gasteiger partial charge in [0.1, 0.15) is 23.5 Å². The summed E-state index contributed by atoms with van der Waals surface area (Å²) in [4.78, 5) is 6.50. The maximum atomic E-state index is 10.1. The number of thiazole rings is 1. The zero-order valence-corrected chi connectivity index (χ0v) is 14.5. The predicted molar refractivity (Wildman–Crippen MR) is 90.6 cm³/mol. The van der Waals surface area contributed by atoms with Gasteiger partial charge in [-0.15, -0.1) is 11.3 Å². The number of aryl methyl sites for hydroxylation is 3. The Hall–Kier alpha value is -1.43. The van der Waals surface area contributed by atoms with Gasteiger partial charge in [0.15, 0.2) is 0 Å². The van der Waals surface area contributed by atoms with Crippen molar-refractivity contribution in [3.05, 3.63) is 45.4 Å². The van der Waals surface area contributed by atoms with E-state index in [2.05, 4.69) is 16.0 Å². The summed E-state index contributed by atoms with van der Waals surface area (Å²) < 4.78 is 5.69. The molecule has 4 nitrogen and oxygen atoms in total. The minimum Gasteiger partial charge on any atom is -0.491 e. The number of hydrogen-bond acceptors (Lipinski definition) is 5. The molecule has 1 atom stereocenters. The Labute approximate surface area is 136 Å². The fourth-order valence-electron chi connectivity index (χ4n) is 2.39. The van der Waals surface area contributed by atoms with E-state index in [0.717, 1.165) is 23.0 Å². The summed E-state index contributed by atoms with van der Waals surface area (Å²) in [6, 6.07) is 6.08. The zero-order chi connectivity index (χ0) is 16.1. The van der Waals surface area contributed by atoms with Gasteiger partial charge >= 0.3 is 0 Å². The zero-order valence-electron chi connectivity index (χ0n) is 13.7. The maximum Gasteiger partial charge on any atom is 0.119 e. The first-order valence-corrected chi connectivity index (χ1v) is 8.29. The van der Waals surface area contributed by atoms with Crippen LogP contribution in [0.5, 0.6) is 5.75 Å². The Bertz CT molecular complexity index is 592. The van der Waals surface area contributed by atoms with E-state index in [-0.39, 0.29) is 0 Å². The number of likely N-dealkylation sites (N-methyl/N-ethyl adjacent to an activating group) is 1. The molecule has 2 rings (SSSR count). The van der Waals surface area contributed by atoms with Gasteiger partial charge in [-0.05, 0) is 51.1 Å². The topological polar surface area (TPSA) is 45.6 Å². The fourth-order valence-corrected chi connectivity index (χ4v) is 3.24. The number of hydrogen-bond donors (Lipinski definition) is 1. The van der Waals surface area contributed by atoms with Crippen LogP contribution in [-0.2, 0) is 6.54 Å². The van der Waals surface area contributed by atoms with Crippen LogP contribution >= 0.6 is 11.3 Å². The van der Waals surface area contributed by atoms with Gasteiger partial charge in [-0.3, -0.25) is 4.90 Å². The number of rotatable bonds is 7. The summed E-state index contributed by atoms with van der Waals surface area (Å²) in [6.45, 7) is 7.68. The Morgan fingerprint density at radius 2 is 1.91 bits per heavy atom. The highest BCUT2D eigenvalue weighted by molar-refractivity contribution is 7.09. The lowest BCUT2D eigenvalue weighted by Crippen LogP contribution is -2.32. The molecule has 0 amide bonds. The number of ether oxygens (including phenoxy) is 1. The molecule has 1 heterocycles. The van der Waals surface area contributed by atoms with Crippen LogP contribution in [0.3, 0.4) is 0 Å². The van der Waals surface area contributed by atoms with Crippen molar-refractivity contribution in [1.82, 2.24) is 9.88 Å². The highest BCUT2D eigenvalue weighted by Crippen LogP contribution is 2.16. The van der Waals surface area contributed by atoms with E-state index in [9.17, 15) is 5.11 Å². The molecule has 0 aliphatic heterocycles. The molecule has 1 aromatic heterocycles. The van der Waals surface area contributed by atoms with Gasteiger partial charge in [-0.25, -0.2) is 4.98 Å². The average molecular weight is 320 g/mol. The van der Waals surface area contributed by atoms with E-state index >= 15 is 0 Å². The van der Waals surface area contributed by atoms with Crippen molar-refractivity contribution in [1.29, 1.82) is 0 Å². The summed E-state index contributed by atoms with van der Waals surface area (Å²) in [6.07, 6.45) is -0.521. The summed E-state index contributed by atoms with van der Waals surface area (Å²) in [7, 11) is 1.98. The summed E-state index contributed by atoms with van der Waals surface area (Å²) in [5.74, 6) is 0.815. The highest BCUT2D eigenvalue weighted by atomic mass is 32.1. The van der Waals surface area contributed by atoms with E-state index in [1.54, 1.807) is 11.3 Å². The molecule has 1 N–H and O–H groups in total. The van der Waals surface area contributed by atoms with E-state index in [1.807, 2.05) is 45.3 Å². The van der Waals surface area contributed by atoms with Crippen LogP contribution in [0.4, 0.5) is 0 Å². The van der Waals surface area contributed by atoms with Crippen molar-refractivity contribution in [2.45, 2.75) is 33.4 Å². The number of nitrogens with zero attached hydrogens (tertiary/aromatic N) is 2. The van der Waals surface area contributed by atoms with Crippen LogP contribution < -0.4 is 4.74 Å². The van der Waals surface area contributed by atoms with Crippen LogP contribution in [0.25, 0.3) is 0 Å². The SMILES string of the molecule is Cc1cc(C)cc(OCC(O)CN(C)Cc2nc(C)cs2)c1. The van der Waals surface area contributed by atoms with Crippen LogP contribution in [0.1, 0.15) is 21.8 Å². The van der Waals surface area contributed by atoms with Gasteiger partial charge in [-0.1, -0.05) is 6.07 Å². The molecule has 2 aromatic rings.